The van der Waals surface area contributed by atoms with Gasteiger partial charge in [-0.2, -0.15) is 4.31 Å². The van der Waals surface area contributed by atoms with Gasteiger partial charge in [0.05, 0.1) is 24.2 Å². The van der Waals surface area contributed by atoms with Crippen LogP contribution in [0.25, 0.3) is 0 Å². The Labute approximate surface area is 189 Å². The van der Waals surface area contributed by atoms with Crippen molar-refractivity contribution in [2.45, 2.75) is 31.3 Å². The van der Waals surface area contributed by atoms with Crippen molar-refractivity contribution >= 4 is 33.2 Å². The van der Waals surface area contributed by atoms with E-state index < -0.39 is 16.1 Å². The van der Waals surface area contributed by atoms with E-state index in [1.165, 1.54) is 10.4 Å². The first-order valence-electron chi connectivity index (χ1n) is 10.1. The molecule has 1 heterocycles. The molecule has 0 spiro atoms. The van der Waals surface area contributed by atoms with Gasteiger partial charge in [0.15, 0.2) is 0 Å². The van der Waals surface area contributed by atoms with E-state index in [0.717, 1.165) is 5.56 Å². The van der Waals surface area contributed by atoms with Crippen LogP contribution < -0.4 is 5.32 Å². The molecule has 1 aliphatic heterocycles. The highest BCUT2D eigenvalue weighted by molar-refractivity contribution is 7.89. The van der Waals surface area contributed by atoms with E-state index in [-0.39, 0.29) is 10.8 Å². The lowest BCUT2D eigenvalue weighted by Gasteiger charge is -2.27. The topological polar surface area (TPSA) is 79.0 Å². The maximum Gasteiger partial charge on any atom is 0.243 e. The van der Waals surface area contributed by atoms with E-state index in [4.69, 9.17) is 16.3 Å². The van der Waals surface area contributed by atoms with Crippen molar-refractivity contribution in [1.82, 2.24) is 9.21 Å². The third-order valence-corrected chi connectivity index (χ3v) is 7.87. The summed E-state index contributed by atoms with van der Waals surface area (Å²) in [5.41, 5.74) is 2.01. The Morgan fingerprint density at radius 1 is 1.23 bits per heavy atom. The number of hydrogen-bond donors (Lipinski definition) is 1. The molecule has 1 saturated heterocycles. The van der Waals surface area contributed by atoms with Crippen LogP contribution in [0.15, 0.2) is 47.4 Å². The molecule has 0 aliphatic carbocycles. The van der Waals surface area contributed by atoms with Gasteiger partial charge in [-0.1, -0.05) is 35.9 Å². The van der Waals surface area contributed by atoms with Crippen molar-refractivity contribution in [3.8, 4) is 0 Å². The summed E-state index contributed by atoms with van der Waals surface area (Å²) in [7, 11) is -1.81. The molecule has 1 N–H and O–H groups in total. The lowest BCUT2D eigenvalue weighted by Crippen LogP contribution is -2.41. The SMILES string of the molecule is Cc1ccc(NC(=O)[C@@H](C)N(C)Cc2ccccc2Cl)cc1S(=O)(=O)N1CCOCC1. The van der Waals surface area contributed by atoms with E-state index >= 15 is 0 Å². The van der Waals surface area contributed by atoms with E-state index in [2.05, 4.69) is 5.32 Å². The minimum absolute atomic E-state index is 0.198. The number of benzene rings is 2. The van der Waals surface area contributed by atoms with Crippen LogP contribution in [-0.4, -0.2) is 62.9 Å². The molecule has 7 nitrogen and oxygen atoms in total. The standard InChI is InChI=1S/C22H28ClN3O4S/c1-16-8-9-19(14-21(16)31(28,29)26-10-12-30-13-11-26)24-22(27)17(2)25(3)15-18-6-4-5-7-20(18)23/h4-9,14,17H,10-13,15H2,1-3H3,(H,24,27)/t17-/m1/s1. The molecule has 9 heteroatoms. The van der Waals surface area contributed by atoms with Crippen molar-refractivity contribution in [1.29, 1.82) is 0 Å². The Morgan fingerprint density at radius 2 is 1.90 bits per heavy atom. The molecule has 2 aromatic rings. The van der Waals surface area contributed by atoms with Gasteiger partial charge in [0.1, 0.15) is 0 Å². The normalized spacial score (nSPS) is 16.3. The summed E-state index contributed by atoms with van der Waals surface area (Å²) in [5.74, 6) is -0.229. The Hall–Kier alpha value is -1.97. The number of amides is 1. The van der Waals surface area contributed by atoms with Gasteiger partial charge in [-0.3, -0.25) is 9.69 Å². The minimum atomic E-state index is -3.66. The zero-order chi connectivity index (χ0) is 22.6. The zero-order valence-corrected chi connectivity index (χ0v) is 19.5. The third kappa shape index (κ3) is 5.64. The molecule has 0 bridgehead atoms. The van der Waals surface area contributed by atoms with Crippen LogP contribution in [-0.2, 0) is 26.1 Å². The number of aryl methyl sites for hydroxylation is 1. The van der Waals surface area contributed by atoms with Crippen LogP contribution in [0.1, 0.15) is 18.1 Å². The van der Waals surface area contributed by atoms with Crippen LogP contribution in [0.4, 0.5) is 5.69 Å². The average molecular weight is 466 g/mol. The number of sulfonamides is 1. The number of carbonyl (C=O) groups excluding carboxylic acids is 1. The number of rotatable bonds is 7. The molecule has 0 saturated carbocycles. The predicted molar refractivity (Wildman–Crippen MR) is 122 cm³/mol. The fourth-order valence-corrected chi connectivity index (χ4v) is 5.22. The smallest absolute Gasteiger partial charge is 0.243 e. The van der Waals surface area contributed by atoms with E-state index in [1.54, 1.807) is 26.0 Å². The second kappa shape index (κ2) is 10.1. The Morgan fingerprint density at radius 3 is 2.58 bits per heavy atom. The summed E-state index contributed by atoms with van der Waals surface area (Å²) in [6.45, 7) is 5.46. The number of morpholine rings is 1. The number of carbonyl (C=O) groups is 1. The summed E-state index contributed by atoms with van der Waals surface area (Å²) < 4.78 is 32.8. The minimum Gasteiger partial charge on any atom is -0.379 e. The van der Waals surface area contributed by atoms with Gasteiger partial charge in [0.2, 0.25) is 15.9 Å². The molecule has 0 aromatic heterocycles. The lowest BCUT2D eigenvalue weighted by molar-refractivity contribution is -0.120. The van der Waals surface area contributed by atoms with Crippen molar-refractivity contribution in [2.24, 2.45) is 0 Å². The zero-order valence-electron chi connectivity index (χ0n) is 18.0. The number of nitrogens with one attached hydrogen (secondary N) is 1. The second-order valence-corrected chi connectivity index (χ2v) is 9.98. The molecule has 31 heavy (non-hydrogen) atoms. The molecule has 3 rings (SSSR count). The van der Waals surface area contributed by atoms with E-state index in [1.807, 2.05) is 36.2 Å². The Bertz CT molecular complexity index is 1040. The molecule has 168 valence electrons. The lowest BCUT2D eigenvalue weighted by atomic mass is 10.1. The second-order valence-electron chi connectivity index (χ2n) is 7.67. The van der Waals surface area contributed by atoms with Crippen LogP contribution in [0, 0.1) is 6.92 Å². The quantitative estimate of drug-likeness (QED) is 0.679. The molecule has 0 radical (unpaired) electrons. The van der Waals surface area contributed by atoms with Crippen molar-refractivity contribution < 1.29 is 17.9 Å². The number of halogens is 1. The maximum absolute atomic E-state index is 13.1. The molecule has 2 aromatic carbocycles. The molecule has 1 aliphatic rings. The van der Waals surface area contributed by atoms with Crippen molar-refractivity contribution in [3.63, 3.8) is 0 Å². The maximum atomic E-state index is 13.1. The van der Waals surface area contributed by atoms with Gasteiger partial charge >= 0.3 is 0 Å². The molecule has 1 fully saturated rings. The fourth-order valence-electron chi connectivity index (χ4n) is 3.36. The molecule has 0 unspecified atom stereocenters. The first-order valence-corrected chi connectivity index (χ1v) is 11.9. The first kappa shape index (κ1) is 23.7. The van der Waals surface area contributed by atoms with Crippen molar-refractivity contribution in [3.05, 3.63) is 58.6 Å². The highest BCUT2D eigenvalue weighted by Gasteiger charge is 2.28. The Balaban J connectivity index is 1.72. The van der Waals surface area contributed by atoms with Crippen LogP contribution in [0.3, 0.4) is 0 Å². The Kier molecular flexibility index (Phi) is 7.72. The summed E-state index contributed by atoms with van der Waals surface area (Å²) in [6, 6.07) is 12.0. The van der Waals surface area contributed by atoms with Gasteiger partial charge < -0.3 is 10.1 Å². The number of ether oxygens (including phenoxy) is 1. The van der Waals surface area contributed by atoms with E-state index in [0.29, 0.717) is 49.1 Å². The highest BCUT2D eigenvalue weighted by atomic mass is 35.5. The fraction of sp³-hybridized carbons (Fsp3) is 0.409. The molecule has 1 amide bonds. The van der Waals surface area contributed by atoms with Gasteiger partial charge in [0.25, 0.3) is 0 Å². The predicted octanol–water partition coefficient (Wildman–Crippen LogP) is 3.13. The van der Waals surface area contributed by atoms with Crippen molar-refractivity contribution in [2.75, 3.05) is 38.7 Å². The first-order chi connectivity index (χ1) is 14.7. The van der Waals surface area contributed by atoms with Gasteiger partial charge in [-0.15, -0.1) is 0 Å². The van der Waals surface area contributed by atoms with E-state index in [9.17, 15) is 13.2 Å². The van der Waals surface area contributed by atoms with Crippen LogP contribution in [0.5, 0.6) is 0 Å². The number of anilines is 1. The van der Waals surface area contributed by atoms with Gasteiger partial charge in [-0.05, 0) is 50.2 Å². The number of likely N-dealkylation sites (N-methyl/N-ethyl adjacent to an activating group) is 1. The summed E-state index contributed by atoms with van der Waals surface area (Å²) >= 11 is 6.23. The number of nitrogens with zero attached hydrogens (tertiary/aromatic N) is 2. The monoisotopic (exact) mass is 465 g/mol. The van der Waals surface area contributed by atoms with Gasteiger partial charge in [-0.25, -0.2) is 8.42 Å². The largest absolute Gasteiger partial charge is 0.379 e. The number of hydrogen-bond acceptors (Lipinski definition) is 5. The van der Waals surface area contributed by atoms with Crippen LogP contribution in [0.2, 0.25) is 5.02 Å². The highest BCUT2D eigenvalue weighted by Crippen LogP contribution is 2.25. The third-order valence-electron chi connectivity index (χ3n) is 5.46. The molecule has 1 atom stereocenters. The molecular formula is C22H28ClN3O4S. The van der Waals surface area contributed by atoms with Gasteiger partial charge in [0, 0.05) is 30.3 Å². The summed E-state index contributed by atoms with van der Waals surface area (Å²) in [4.78, 5) is 14.9. The molecular weight excluding hydrogens is 438 g/mol. The summed E-state index contributed by atoms with van der Waals surface area (Å²) in [5, 5.41) is 3.50. The average Bonchev–Trinajstić information content (AvgIpc) is 2.76. The summed E-state index contributed by atoms with van der Waals surface area (Å²) in [6.07, 6.45) is 0. The van der Waals surface area contributed by atoms with Crippen LogP contribution >= 0.6 is 11.6 Å².